The molecule has 170 valence electrons. The molecule has 1 aromatic heterocycles. The van der Waals surface area contributed by atoms with E-state index < -0.39 is 10.0 Å². The zero-order chi connectivity index (χ0) is 22.7. The second-order valence-corrected chi connectivity index (χ2v) is 10.4. The standard InChI is InChI=1S/C23H28N4O4S/c1-17(2)15-23(28)24-18-7-9-19(10-8-18)32(29,30)27-13-11-26(12-14-27)16-21-20-5-3-4-6-22(20)31-25-21/h3-10,17H,11-16H2,1-2H3,(H,24,28). The monoisotopic (exact) mass is 456 g/mol. The van der Waals surface area contributed by atoms with Crippen LogP contribution in [0.15, 0.2) is 57.9 Å². The van der Waals surface area contributed by atoms with Crippen LogP contribution in [0.4, 0.5) is 5.69 Å². The van der Waals surface area contributed by atoms with E-state index in [9.17, 15) is 13.2 Å². The average Bonchev–Trinajstić information content (AvgIpc) is 3.17. The lowest BCUT2D eigenvalue weighted by Crippen LogP contribution is -2.48. The van der Waals surface area contributed by atoms with Crippen molar-refractivity contribution in [2.75, 3.05) is 31.5 Å². The number of benzene rings is 2. The van der Waals surface area contributed by atoms with Crippen molar-refractivity contribution in [2.24, 2.45) is 5.92 Å². The number of carbonyl (C=O) groups excluding carboxylic acids is 1. The fraction of sp³-hybridized carbons (Fsp3) is 0.391. The summed E-state index contributed by atoms with van der Waals surface area (Å²) >= 11 is 0. The van der Waals surface area contributed by atoms with Gasteiger partial charge in [0.1, 0.15) is 5.69 Å². The quantitative estimate of drug-likeness (QED) is 0.586. The first-order chi connectivity index (χ1) is 15.3. The van der Waals surface area contributed by atoms with Gasteiger partial charge in [-0.1, -0.05) is 31.1 Å². The largest absolute Gasteiger partial charge is 0.356 e. The van der Waals surface area contributed by atoms with Gasteiger partial charge in [0.05, 0.1) is 4.90 Å². The first-order valence-corrected chi connectivity index (χ1v) is 12.2. The Hall–Kier alpha value is -2.75. The third-order valence-electron chi connectivity index (χ3n) is 5.53. The number of nitrogens with one attached hydrogen (secondary N) is 1. The maximum absolute atomic E-state index is 13.1. The Kier molecular flexibility index (Phi) is 6.59. The van der Waals surface area contributed by atoms with E-state index in [4.69, 9.17) is 4.52 Å². The number of sulfonamides is 1. The van der Waals surface area contributed by atoms with Gasteiger partial charge in [-0.15, -0.1) is 0 Å². The zero-order valence-corrected chi connectivity index (χ0v) is 19.1. The molecule has 1 aliphatic rings. The average molecular weight is 457 g/mol. The zero-order valence-electron chi connectivity index (χ0n) is 18.3. The minimum atomic E-state index is -3.59. The van der Waals surface area contributed by atoms with Gasteiger partial charge in [0.15, 0.2) is 5.58 Å². The summed E-state index contributed by atoms with van der Waals surface area (Å²) in [5.41, 5.74) is 2.22. The molecule has 1 aliphatic heterocycles. The molecule has 0 bridgehead atoms. The Labute approximate surface area is 188 Å². The Morgan fingerprint density at radius 2 is 1.75 bits per heavy atom. The van der Waals surface area contributed by atoms with Crippen molar-refractivity contribution >= 4 is 32.6 Å². The number of carbonyl (C=O) groups is 1. The van der Waals surface area contributed by atoms with Gasteiger partial charge in [-0.2, -0.15) is 4.31 Å². The van der Waals surface area contributed by atoms with Crippen LogP contribution in [0.25, 0.3) is 11.0 Å². The topological polar surface area (TPSA) is 95.8 Å². The van der Waals surface area contributed by atoms with Gasteiger partial charge in [-0.05, 0) is 42.3 Å². The van der Waals surface area contributed by atoms with Crippen molar-refractivity contribution in [3.05, 3.63) is 54.2 Å². The minimum Gasteiger partial charge on any atom is -0.356 e. The maximum atomic E-state index is 13.1. The van der Waals surface area contributed by atoms with Crippen LogP contribution in [0.3, 0.4) is 0 Å². The van der Waals surface area contributed by atoms with Crippen LogP contribution in [0, 0.1) is 5.92 Å². The Morgan fingerprint density at radius 1 is 1.06 bits per heavy atom. The maximum Gasteiger partial charge on any atom is 0.243 e. The molecule has 2 aromatic carbocycles. The molecule has 32 heavy (non-hydrogen) atoms. The van der Waals surface area contributed by atoms with E-state index in [1.165, 1.54) is 4.31 Å². The number of fused-ring (bicyclic) bond motifs is 1. The van der Waals surface area contributed by atoms with Crippen LogP contribution in [-0.2, 0) is 21.4 Å². The van der Waals surface area contributed by atoms with Crippen molar-refractivity contribution < 1.29 is 17.7 Å². The number of hydrogen-bond acceptors (Lipinski definition) is 6. The highest BCUT2D eigenvalue weighted by Crippen LogP contribution is 2.23. The number of hydrogen-bond donors (Lipinski definition) is 1. The molecule has 1 fully saturated rings. The van der Waals surface area contributed by atoms with Crippen molar-refractivity contribution in [3.8, 4) is 0 Å². The number of piperazine rings is 1. The molecule has 4 rings (SSSR count). The predicted octanol–water partition coefficient (Wildman–Crippen LogP) is 3.32. The number of amides is 1. The molecule has 3 aromatic rings. The number of para-hydroxylation sites is 1. The second-order valence-electron chi connectivity index (χ2n) is 8.48. The molecular weight excluding hydrogens is 428 g/mol. The van der Waals surface area contributed by atoms with Crippen molar-refractivity contribution in [3.63, 3.8) is 0 Å². The third-order valence-corrected chi connectivity index (χ3v) is 7.44. The first kappa shape index (κ1) is 22.4. The molecule has 9 heteroatoms. The van der Waals surface area contributed by atoms with Crippen LogP contribution in [-0.4, -0.2) is 54.9 Å². The minimum absolute atomic E-state index is 0.0772. The normalized spacial score (nSPS) is 16.0. The highest BCUT2D eigenvalue weighted by molar-refractivity contribution is 7.89. The van der Waals surface area contributed by atoms with Crippen molar-refractivity contribution in [2.45, 2.75) is 31.7 Å². The van der Waals surface area contributed by atoms with Crippen molar-refractivity contribution in [1.29, 1.82) is 0 Å². The summed E-state index contributed by atoms with van der Waals surface area (Å²) in [6.45, 7) is 6.62. The van der Waals surface area contributed by atoms with Gasteiger partial charge >= 0.3 is 0 Å². The number of rotatable bonds is 7. The lowest BCUT2D eigenvalue weighted by Gasteiger charge is -2.33. The van der Waals surface area contributed by atoms with Gasteiger partial charge in [0, 0.05) is 50.2 Å². The summed E-state index contributed by atoms with van der Waals surface area (Å²) in [5.74, 6) is 0.183. The van der Waals surface area contributed by atoms with E-state index in [0.29, 0.717) is 44.8 Å². The highest BCUT2D eigenvalue weighted by atomic mass is 32.2. The SMILES string of the molecule is CC(C)CC(=O)Nc1ccc(S(=O)(=O)N2CCN(Cc3noc4ccccc34)CC2)cc1. The van der Waals surface area contributed by atoms with E-state index >= 15 is 0 Å². The summed E-state index contributed by atoms with van der Waals surface area (Å²) in [6.07, 6.45) is 0.425. The molecule has 1 saturated heterocycles. The molecule has 0 unspecified atom stereocenters. The fourth-order valence-corrected chi connectivity index (χ4v) is 5.26. The summed E-state index contributed by atoms with van der Waals surface area (Å²) in [4.78, 5) is 14.3. The lowest BCUT2D eigenvalue weighted by atomic mass is 10.1. The van der Waals surface area contributed by atoms with E-state index in [-0.39, 0.29) is 16.7 Å². The van der Waals surface area contributed by atoms with Gasteiger partial charge in [-0.25, -0.2) is 8.42 Å². The van der Waals surface area contributed by atoms with Gasteiger partial charge in [0.25, 0.3) is 0 Å². The van der Waals surface area contributed by atoms with Crippen LogP contribution in [0.2, 0.25) is 0 Å². The highest BCUT2D eigenvalue weighted by Gasteiger charge is 2.29. The van der Waals surface area contributed by atoms with E-state index in [2.05, 4.69) is 15.4 Å². The van der Waals surface area contributed by atoms with Gasteiger partial charge in [0.2, 0.25) is 15.9 Å². The predicted molar refractivity (Wildman–Crippen MR) is 123 cm³/mol. The number of aromatic nitrogens is 1. The number of anilines is 1. The fourth-order valence-electron chi connectivity index (χ4n) is 3.83. The third kappa shape index (κ3) is 5.01. The Morgan fingerprint density at radius 3 is 2.44 bits per heavy atom. The van der Waals surface area contributed by atoms with E-state index in [1.807, 2.05) is 38.1 Å². The van der Waals surface area contributed by atoms with Crippen LogP contribution in [0.5, 0.6) is 0 Å². The Bertz CT molecular complexity index is 1180. The molecule has 2 heterocycles. The van der Waals surface area contributed by atoms with Gasteiger partial charge < -0.3 is 9.84 Å². The van der Waals surface area contributed by atoms with Crippen molar-refractivity contribution in [1.82, 2.24) is 14.4 Å². The molecular formula is C23H28N4O4S. The molecule has 8 nitrogen and oxygen atoms in total. The Balaban J connectivity index is 1.35. The van der Waals surface area contributed by atoms with E-state index in [0.717, 1.165) is 16.7 Å². The smallest absolute Gasteiger partial charge is 0.243 e. The second kappa shape index (κ2) is 9.40. The summed E-state index contributed by atoms with van der Waals surface area (Å²) < 4.78 is 33.0. The van der Waals surface area contributed by atoms with E-state index in [1.54, 1.807) is 24.3 Å². The molecule has 1 amide bonds. The lowest BCUT2D eigenvalue weighted by molar-refractivity contribution is -0.116. The number of nitrogens with zero attached hydrogens (tertiary/aromatic N) is 3. The van der Waals surface area contributed by atoms with Gasteiger partial charge in [-0.3, -0.25) is 9.69 Å². The van der Waals surface area contributed by atoms with Crippen LogP contribution < -0.4 is 5.32 Å². The summed E-state index contributed by atoms with van der Waals surface area (Å²) in [5, 5.41) is 7.96. The van der Waals surface area contributed by atoms with Crippen LogP contribution in [0.1, 0.15) is 26.0 Å². The molecule has 0 radical (unpaired) electrons. The molecule has 1 N–H and O–H groups in total. The first-order valence-electron chi connectivity index (χ1n) is 10.8. The summed E-state index contributed by atoms with van der Waals surface area (Å²) in [6, 6.07) is 14.1. The summed E-state index contributed by atoms with van der Waals surface area (Å²) in [7, 11) is -3.59. The molecule has 0 aliphatic carbocycles. The molecule has 0 saturated carbocycles. The molecule has 0 spiro atoms. The van der Waals surface area contributed by atoms with Crippen LogP contribution >= 0.6 is 0 Å². The molecule has 0 atom stereocenters.